The number of nitrogens with zero attached hydrogens (tertiary/aromatic N) is 6. The molecule has 0 aliphatic carbocycles. The number of aryl methyl sites for hydroxylation is 3. The molecule has 0 saturated carbocycles. The van der Waals surface area contributed by atoms with Crippen LogP contribution in [0.2, 0.25) is 0 Å². The van der Waals surface area contributed by atoms with E-state index >= 15 is 0 Å². The van der Waals surface area contributed by atoms with E-state index in [4.69, 9.17) is 14.8 Å². The molecule has 3 aliphatic rings. The van der Waals surface area contributed by atoms with Crippen LogP contribution in [-0.2, 0) is 27.2 Å². The Kier molecular flexibility index (Phi) is 14.3. The summed E-state index contributed by atoms with van der Waals surface area (Å²) in [7, 11) is 3.23. The molecule has 5 heterocycles. The van der Waals surface area contributed by atoms with Gasteiger partial charge < -0.3 is 40.4 Å². The molecule has 3 aromatic rings. The molecule has 2 fully saturated rings. The van der Waals surface area contributed by atoms with Crippen molar-refractivity contribution in [3.05, 3.63) is 58.5 Å². The molecule has 2 atom stereocenters. The Morgan fingerprint density at radius 3 is 2.55 bits per heavy atom. The van der Waals surface area contributed by atoms with Crippen molar-refractivity contribution in [3.63, 3.8) is 0 Å². The summed E-state index contributed by atoms with van der Waals surface area (Å²) in [5.74, 6) is 1.49. The quantitative estimate of drug-likeness (QED) is 0.151. The van der Waals surface area contributed by atoms with Crippen LogP contribution in [0.3, 0.4) is 0 Å². The van der Waals surface area contributed by atoms with Gasteiger partial charge in [0.15, 0.2) is 0 Å². The number of aromatic nitrogens is 3. The van der Waals surface area contributed by atoms with Gasteiger partial charge in [-0.1, -0.05) is 0 Å². The highest BCUT2D eigenvalue weighted by Crippen LogP contribution is 2.34. The summed E-state index contributed by atoms with van der Waals surface area (Å²) in [6, 6.07) is 10.5. The number of benzene rings is 1. The summed E-state index contributed by atoms with van der Waals surface area (Å²) in [6.45, 7) is 10.1. The van der Waals surface area contributed by atoms with Gasteiger partial charge in [-0.2, -0.15) is 5.10 Å². The molecule has 53 heavy (non-hydrogen) atoms. The summed E-state index contributed by atoms with van der Waals surface area (Å²) < 4.78 is 7.65. The Morgan fingerprint density at radius 2 is 1.85 bits per heavy atom. The number of unbranched alkanes of at least 4 members (excludes halogenated alkanes) is 1. The maximum absolute atomic E-state index is 12.7. The number of methoxy groups -OCH3 is 1. The second kappa shape index (κ2) is 19.0. The minimum Gasteiger partial charge on any atom is -0.496 e. The number of amides is 1. The second-order valence-corrected chi connectivity index (χ2v) is 14.5. The molecule has 13 heteroatoms. The predicted molar refractivity (Wildman–Crippen MR) is 207 cm³/mol. The Morgan fingerprint density at radius 1 is 1.08 bits per heavy atom. The molecular weight excluding hydrogens is 672 g/mol. The number of aldehydes is 1. The summed E-state index contributed by atoms with van der Waals surface area (Å²) >= 11 is 0. The fourth-order valence-electron chi connectivity index (χ4n) is 8.00. The lowest BCUT2D eigenvalue weighted by Crippen LogP contribution is -2.48. The first-order valence-corrected chi connectivity index (χ1v) is 19.2. The molecule has 0 bridgehead atoms. The molecule has 2 aromatic heterocycles. The minimum absolute atomic E-state index is 0.0378. The van der Waals surface area contributed by atoms with E-state index in [0.717, 1.165) is 104 Å². The highest BCUT2D eigenvalue weighted by Gasteiger charge is 2.29. The average molecular weight is 731 g/mol. The molecule has 1 amide bonds. The van der Waals surface area contributed by atoms with Crippen LogP contribution in [0.15, 0.2) is 30.3 Å². The van der Waals surface area contributed by atoms with Gasteiger partial charge in [0.25, 0.3) is 0 Å². The van der Waals surface area contributed by atoms with Crippen LogP contribution in [-0.4, -0.2) is 114 Å². The van der Waals surface area contributed by atoms with E-state index in [9.17, 15) is 19.5 Å². The van der Waals surface area contributed by atoms with Crippen molar-refractivity contribution in [1.29, 1.82) is 0 Å². The number of likely N-dealkylation sites (tertiary alicyclic amines) is 1. The number of nitrogens with two attached hydrogens (primary N) is 1. The van der Waals surface area contributed by atoms with Gasteiger partial charge in [0.05, 0.1) is 24.9 Å². The fraction of sp³-hybridized carbons (Fsp3) is 0.575. The number of rotatable bonds is 15. The van der Waals surface area contributed by atoms with Crippen molar-refractivity contribution >= 4 is 29.7 Å². The van der Waals surface area contributed by atoms with Crippen molar-refractivity contribution < 1.29 is 24.2 Å². The van der Waals surface area contributed by atoms with E-state index in [2.05, 4.69) is 45.1 Å². The van der Waals surface area contributed by atoms with Crippen molar-refractivity contribution in [2.45, 2.75) is 77.6 Å². The summed E-state index contributed by atoms with van der Waals surface area (Å²) in [5, 5.41) is 18.3. The molecule has 288 valence electrons. The van der Waals surface area contributed by atoms with Crippen molar-refractivity contribution in [1.82, 2.24) is 24.6 Å². The number of fused-ring (bicyclic) bond motifs is 1. The lowest BCUT2D eigenvalue weighted by molar-refractivity contribution is -0.137. The maximum atomic E-state index is 12.7. The van der Waals surface area contributed by atoms with Gasteiger partial charge in [-0.15, -0.1) is 0 Å². The van der Waals surface area contributed by atoms with Gasteiger partial charge in [-0.3, -0.25) is 9.59 Å². The number of carbonyl (C=O) groups excluding carboxylic acids is 2. The highest BCUT2D eigenvalue weighted by molar-refractivity contribution is 5.77. The first kappa shape index (κ1) is 39.7. The van der Waals surface area contributed by atoms with E-state index < -0.39 is 5.97 Å². The van der Waals surface area contributed by atoms with Crippen LogP contribution in [0.25, 0.3) is 5.69 Å². The SMILES string of the molecule is CN.COc1cc(CCC2CCN(CC(CC(=O)O)c3cc(N4CCN(C(=O)CCCC=O)CC4)cc(-n4nc(C)cc4C)c3)C2)nc2c1CCCN2. The Hall–Kier alpha value is -4.49. The topological polar surface area (TPSA) is 159 Å². The van der Waals surface area contributed by atoms with E-state index in [-0.39, 0.29) is 18.2 Å². The molecule has 3 aliphatic heterocycles. The maximum Gasteiger partial charge on any atom is 0.304 e. The summed E-state index contributed by atoms with van der Waals surface area (Å²) in [5.41, 5.74) is 11.6. The zero-order valence-electron chi connectivity index (χ0n) is 32.0. The summed E-state index contributed by atoms with van der Waals surface area (Å²) in [6.07, 6.45) is 7.34. The monoisotopic (exact) mass is 730 g/mol. The van der Waals surface area contributed by atoms with Crippen LogP contribution < -0.4 is 20.7 Å². The Bertz CT molecular complexity index is 1680. The number of ether oxygens (including phenoxy) is 1. The summed E-state index contributed by atoms with van der Waals surface area (Å²) in [4.78, 5) is 47.3. The third-order valence-corrected chi connectivity index (χ3v) is 10.7. The van der Waals surface area contributed by atoms with Gasteiger partial charge in [-0.25, -0.2) is 9.67 Å². The molecular formula is C40H58N8O5. The largest absolute Gasteiger partial charge is 0.496 e. The Labute approximate surface area is 313 Å². The lowest BCUT2D eigenvalue weighted by Gasteiger charge is -2.37. The Balaban J connectivity index is 0.00000266. The van der Waals surface area contributed by atoms with Crippen LogP contribution in [0.5, 0.6) is 5.75 Å². The van der Waals surface area contributed by atoms with Gasteiger partial charge in [0, 0.05) is 93.3 Å². The number of aliphatic carboxylic acids is 1. The molecule has 6 rings (SSSR count). The molecule has 13 nitrogen and oxygen atoms in total. The number of hydrogen-bond donors (Lipinski definition) is 3. The fourth-order valence-corrected chi connectivity index (χ4v) is 8.00. The number of carboxylic acids is 1. The van der Waals surface area contributed by atoms with Crippen LogP contribution in [0.1, 0.15) is 79.1 Å². The third-order valence-electron chi connectivity index (χ3n) is 10.7. The highest BCUT2D eigenvalue weighted by atomic mass is 16.5. The van der Waals surface area contributed by atoms with Gasteiger partial charge in [-0.05, 0) is 102 Å². The normalized spacial score (nSPS) is 17.7. The number of hydrogen-bond acceptors (Lipinski definition) is 10. The van der Waals surface area contributed by atoms with Gasteiger partial charge in [0.1, 0.15) is 17.9 Å². The number of carbonyl (C=O) groups is 3. The molecule has 1 aromatic carbocycles. The smallest absolute Gasteiger partial charge is 0.304 e. The second-order valence-electron chi connectivity index (χ2n) is 14.5. The molecule has 2 unspecified atom stereocenters. The lowest BCUT2D eigenvalue weighted by atomic mass is 9.93. The molecule has 2 saturated heterocycles. The number of anilines is 2. The van der Waals surface area contributed by atoms with Gasteiger partial charge in [0.2, 0.25) is 5.91 Å². The number of nitrogens with one attached hydrogen (secondary N) is 1. The number of carboxylic acid groups (broad SMARTS) is 1. The van der Waals surface area contributed by atoms with Crippen molar-refractivity contribution in [3.8, 4) is 11.4 Å². The average Bonchev–Trinajstić information content (AvgIpc) is 3.78. The zero-order valence-corrected chi connectivity index (χ0v) is 32.0. The van der Waals surface area contributed by atoms with Crippen LogP contribution >= 0.6 is 0 Å². The zero-order chi connectivity index (χ0) is 37.9. The van der Waals surface area contributed by atoms with Crippen molar-refractivity contribution in [2.75, 3.05) is 76.7 Å². The van der Waals surface area contributed by atoms with Crippen LogP contribution in [0.4, 0.5) is 11.5 Å². The predicted octanol–water partition coefficient (Wildman–Crippen LogP) is 4.36. The minimum atomic E-state index is -0.809. The van der Waals surface area contributed by atoms with E-state index in [0.29, 0.717) is 57.9 Å². The first-order chi connectivity index (χ1) is 25.7. The molecule has 0 radical (unpaired) electrons. The van der Waals surface area contributed by atoms with Crippen LogP contribution in [0, 0.1) is 19.8 Å². The van der Waals surface area contributed by atoms with E-state index in [1.54, 1.807) is 7.11 Å². The first-order valence-electron chi connectivity index (χ1n) is 19.2. The number of piperazine rings is 1. The van der Waals surface area contributed by atoms with E-state index in [1.165, 1.54) is 12.6 Å². The molecule has 0 spiro atoms. The standard InChI is InChI=1S/C39H53N7O5.CH5N/c1-27-19-28(2)46(42-27)34-21-30(20-33(24-34)44-14-16-45(17-15-44)37(48)8-4-5-18-47)31(22-38(49)50)26-43-13-11-29(25-43)9-10-32-23-36(51-3)35-7-6-12-40-39(35)41-32;1-2/h18-21,23-24,29,31H,4-17,22,25-26H2,1-3H3,(H,40,41)(H,49,50);2H2,1H3. The van der Waals surface area contributed by atoms with E-state index in [1.807, 2.05) is 29.5 Å². The van der Waals surface area contributed by atoms with Gasteiger partial charge >= 0.3 is 5.97 Å². The number of pyridine rings is 1. The van der Waals surface area contributed by atoms with Crippen molar-refractivity contribution in [2.24, 2.45) is 11.7 Å². The molecule has 4 N–H and O–H groups in total. The third kappa shape index (κ3) is 10.3.